The normalized spacial score (nSPS) is 15.4. The molecule has 9 heteroatoms. The van der Waals surface area contributed by atoms with Crippen LogP contribution in [0.1, 0.15) is 35.8 Å². The quantitative estimate of drug-likeness (QED) is 0.405. The van der Waals surface area contributed by atoms with Crippen molar-refractivity contribution in [1.82, 2.24) is 29.3 Å². The molecule has 4 aromatic rings. The molecule has 0 saturated carbocycles. The molecule has 0 N–H and O–H groups in total. The Morgan fingerprint density at radius 2 is 1.97 bits per heavy atom. The Morgan fingerprint density at radius 3 is 2.69 bits per heavy atom. The molecule has 1 aliphatic heterocycles. The maximum atomic E-state index is 5.56. The van der Waals surface area contributed by atoms with Gasteiger partial charge in [0, 0.05) is 18.7 Å². The van der Waals surface area contributed by atoms with E-state index >= 15 is 0 Å². The van der Waals surface area contributed by atoms with Crippen molar-refractivity contribution >= 4 is 15.9 Å². The molecule has 0 radical (unpaired) electrons. The van der Waals surface area contributed by atoms with Gasteiger partial charge in [-0.15, -0.1) is 5.10 Å². The summed E-state index contributed by atoms with van der Waals surface area (Å²) in [6.07, 6.45) is 5.75. The van der Waals surface area contributed by atoms with E-state index in [1.165, 1.54) is 5.56 Å². The number of benzene rings is 1. The van der Waals surface area contributed by atoms with E-state index in [2.05, 4.69) is 33.0 Å². The van der Waals surface area contributed by atoms with Gasteiger partial charge < -0.3 is 14.0 Å². The third-order valence-electron chi connectivity index (χ3n) is 5.71. The van der Waals surface area contributed by atoms with Crippen molar-refractivity contribution in [3.63, 3.8) is 0 Å². The van der Waals surface area contributed by atoms with Crippen molar-refractivity contribution < 1.29 is 9.47 Å². The molecule has 0 aliphatic carbocycles. The Kier molecular flexibility index (Phi) is 5.42. The van der Waals surface area contributed by atoms with E-state index in [1.807, 2.05) is 40.6 Å². The molecule has 3 aromatic heterocycles. The molecule has 1 atom stereocenters. The summed E-state index contributed by atoms with van der Waals surface area (Å²) in [6, 6.07) is 10.1. The maximum absolute atomic E-state index is 5.56. The number of rotatable bonds is 5. The number of methoxy groups -OCH3 is 2. The van der Waals surface area contributed by atoms with Gasteiger partial charge in [-0.2, -0.15) is 0 Å². The van der Waals surface area contributed by atoms with E-state index in [0.717, 1.165) is 46.8 Å². The largest absolute Gasteiger partial charge is 0.496 e. The first-order valence-electron chi connectivity index (χ1n) is 10.4. The SMILES string of the molecule is COc1ccc(C2CCCn3nc(-c4ccc(-n5cnc(C)c5)c(OC)n4)nc32)cc1Br. The minimum atomic E-state index is 0.169. The van der Waals surface area contributed by atoms with Crippen molar-refractivity contribution in [2.24, 2.45) is 0 Å². The molecular weight excluding hydrogens is 472 g/mol. The van der Waals surface area contributed by atoms with Crippen molar-refractivity contribution in [2.75, 3.05) is 14.2 Å². The fraction of sp³-hybridized carbons (Fsp3) is 0.304. The van der Waals surface area contributed by atoms with E-state index in [0.29, 0.717) is 17.4 Å². The summed E-state index contributed by atoms with van der Waals surface area (Å²) < 4.78 is 15.8. The van der Waals surface area contributed by atoms with Gasteiger partial charge in [-0.1, -0.05) is 6.07 Å². The lowest BCUT2D eigenvalue weighted by molar-refractivity contribution is 0.396. The highest BCUT2D eigenvalue weighted by atomic mass is 79.9. The molecular formula is C23H23BrN6O2. The summed E-state index contributed by atoms with van der Waals surface area (Å²) in [5.41, 5.74) is 3.62. The summed E-state index contributed by atoms with van der Waals surface area (Å²) in [6.45, 7) is 2.79. The van der Waals surface area contributed by atoms with Crippen LogP contribution < -0.4 is 9.47 Å². The first kappa shape index (κ1) is 20.7. The van der Waals surface area contributed by atoms with E-state index in [9.17, 15) is 0 Å². The number of imidazole rings is 1. The molecule has 0 saturated heterocycles. The molecule has 4 heterocycles. The third-order valence-corrected chi connectivity index (χ3v) is 6.33. The Hall–Kier alpha value is -3.20. The molecule has 0 fully saturated rings. The van der Waals surface area contributed by atoms with Crippen LogP contribution in [0.3, 0.4) is 0 Å². The fourth-order valence-electron chi connectivity index (χ4n) is 4.13. The minimum Gasteiger partial charge on any atom is -0.496 e. The zero-order valence-electron chi connectivity index (χ0n) is 18.1. The Bertz CT molecular complexity index is 1280. The fourth-order valence-corrected chi connectivity index (χ4v) is 4.69. The topological polar surface area (TPSA) is 79.9 Å². The highest BCUT2D eigenvalue weighted by molar-refractivity contribution is 9.10. The van der Waals surface area contributed by atoms with Gasteiger partial charge in [-0.3, -0.25) is 0 Å². The summed E-state index contributed by atoms with van der Waals surface area (Å²) in [5.74, 6) is 3.05. The van der Waals surface area contributed by atoms with Crippen LogP contribution in [0.25, 0.3) is 17.2 Å². The second-order valence-corrected chi connectivity index (χ2v) is 8.61. The number of hydrogen-bond acceptors (Lipinski definition) is 6. The third kappa shape index (κ3) is 3.66. The molecule has 32 heavy (non-hydrogen) atoms. The predicted octanol–water partition coefficient (Wildman–Crippen LogP) is 4.54. The van der Waals surface area contributed by atoms with Gasteiger partial charge in [0.15, 0.2) is 5.82 Å². The Labute approximate surface area is 194 Å². The highest BCUT2D eigenvalue weighted by Crippen LogP contribution is 2.37. The van der Waals surface area contributed by atoms with Gasteiger partial charge in [0.25, 0.3) is 0 Å². The molecule has 1 aliphatic rings. The molecule has 0 amide bonds. The van der Waals surface area contributed by atoms with Gasteiger partial charge in [0.05, 0.1) is 30.7 Å². The minimum absolute atomic E-state index is 0.169. The maximum Gasteiger partial charge on any atom is 0.238 e. The van der Waals surface area contributed by atoms with Crippen molar-refractivity contribution in [2.45, 2.75) is 32.2 Å². The van der Waals surface area contributed by atoms with E-state index < -0.39 is 0 Å². The smallest absolute Gasteiger partial charge is 0.238 e. The molecule has 0 spiro atoms. The van der Waals surface area contributed by atoms with E-state index in [4.69, 9.17) is 24.5 Å². The second-order valence-electron chi connectivity index (χ2n) is 7.75. The summed E-state index contributed by atoms with van der Waals surface area (Å²) in [4.78, 5) is 13.9. The van der Waals surface area contributed by atoms with Crippen LogP contribution in [0.4, 0.5) is 0 Å². The van der Waals surface area contributed by atoms with Crippen molar-refractivity contribution in [3.05, 3.63) is 64.4 Å². The van der Waals surface area contributed by atoms with E-state index in [1.54, 1.807) is 20.5 Å². The zero-order chi connectivity index (χ0) is 22.2. The van der Waals surface area contributed by atoms with Crippen LogP contribution in [0, 0.1) is 6.92 Å². The summed E-state index contributed by atoms with van der Waals surface area (Å²) >= 11 is 3.60. The number of fused-ring (bicyclic) bond motifs is 1. The summed E-state index contributed by atoms with van der Waals surface area (Å²) in [7, 11) is 3.28. The molecule has 8 nitrogen and oxygen atoms in total. The molecule has 5 rings (SSSR count). The van der Waals surface area contributed by atoms with Crippen LogP contribution in [-0.2, 0) is 6.54 Å². The molecule has 1 unspecified atom stereocenters. The zero-order valence-corrected chi connectivity index (χ0v) is 19.7. The number of halogens is 1. The first-order valence-corrected chi connectivity index (χ1v) is 11.2. The first-order chi connectivity index (χ1) is 15.6. The van der Waals surface area contributed by atoms with Crippen LogP contribution in [0.2, 0.25) is 0 Å². The highest BCUT2D eigenvalue weighted by Gasteiger charge is 2.27. The van der Waals surface area contributed by atoms with Gasteiger partial charge >= 0.3 is 0 Å². The van der Waals surface area contributed by atoms with Crippen LogP contribution in [0.5, 0.6) is 11.6 Å². The number of aryl methyl sites for hydroxylation is 2. The summed E-state index contributed by atoms with van der Waals surface area (Å²) in [5, 5.41) is 4.77. The molecule has 164 valence electrons. The van der Waals surface area contributed by atoms with Gasteiger partial charge in [0.2, 0.25) is 5.88 Å². The van der Waals surface area contributed by atoms with Gasteiger partial charge in [0.1, 0.15) is 23.0 Å². The Morgan fingerprint density at radius 1 is 1.09 bits per heavy atom. The van der Waals surface area contributed by atoms with Crippen LogP contribution in [0.15, 0.2) is 47.3 Å². The lowest BCUT2D eigenvalue weighted by Gasteiger charge is -2.22. The second kappa shape index (κ2) is 8.38. The number of nitrogens with zero attached hydrogens (tertiary/aromatic N) is 6. The van der Waals surface area contributed by atoms with Gasteiger partial charge in [-0.05, 0) is 65.5 Å². The molecule has 0 bridgehead atoms. The Balaban J connectivity index is 1.51. The standard InChI is InChI=1S/C23H23BrN6O2/c1-14-12-29(13-25-14)19-8-7-18(26-23(19)32-3)21-27-22-16(5-4-10-30(22)28-21)15-6-9-20(31-2)17(24)11-15/h6-9,11-13,16H,4-5,10H2,1-3H3. The van der Waals surface area contributed by atoms with Gasteiger partial charge in [-0.25, -0.2) is 19.6 Å². The lowest BCUT2D eigenvalue weighted by Crippen LogP contribution is -2.18. The monoisotopic (exact) mass is 494 g/mol. The average Bonchev–Trinajstić information content (AvgIpc) is 3.44. The predicted molar refractivity (Wildman–Crippen MR) is 123 cm³/mol. The lowest BCUT2D eigenvalue weighted by atomic mass is 9.91. The van der Waals surface area contributed by atoms with Crippen LogP contribution in [-0.4, -0.2) is 43.5 Å². The average molecular weight is 495 g/mol. The number of pyridine rings is 1. The number of aromatic nitrogens is 6. The number of hydrogen-bond donors (Lipinski definition) is 0. The van der Waals surface area contributed by atoms with Crippen LogP contribution >= 0.6 is 15.9 Å². The van der Waals surface area contributed by atoms with Crippen molar-refractivity contribution in [1.29, 1.82) is 0 Å². The van der Waals surface area contributed by atoms with Crippen molar-refractivity contribution in [3.8, 4) is 28.8 Å². The number of ether oxygens (including phenoxy) is 2. The van der Waals surface area contributed by atoms with E-state index in [-0.39, 0.29) is 5.92 Å². The molecule has 1 aromatic carbocycles.